The number of nitrogens with two attached hydrogens (primary N) is 1. The SMILES string of the molecule is Cc1occc1SC(c1cccc(F)c1)C(C)N. The van der Waals surface area contributed by atoms with Crippen LogP contribution in [0.5, 0.6) is 0 Å². The summed E-state index contributed by atoms with van der Waals surface area (Å²) in [7, 11) is 0. The summed E-state index contributed by atoms with van der Waals surface area (Å²) in [4.78, 5) is 1.04. The van der Waals surface area contributed by atoms with Gasteiger partial charge in [0.15, 0.2) is 0 Å². The van der Waals surface area contributed by atoms with Gasteiger partial charge in [-0.2, -0.15) is 0 Å². The predicted octanol–water partition coefficient (Wildman–Crippen LogP) is 3.91. The molecule has 2 N–H and O–H groups in total. The standard InChI is InChI=1S/C14H16FNOS/c1-9(16)14(11-4-3-5-12(15)8-11)18-13-6-7-17-10(13)2/h3-9,14H,16H2,1-2H3. The Bertz CT molecular complexity index is 524. The molecule has 96 valence electrons. The van der Waals surface area contributed by atoms with Crippen LogP contribution in [0.15, 0.2) is 45.9 Å². The average Bonchev–Trinajstić information content (AvgIpc) is 2.71. The molecule has 2 nitrogen and oxygen atoms in total. The number of rotatable bonds is 4. The maximum absolute atomic E-state index is 13.3. The van der Waals surface area contributed by atoms with E-state index in [1.54, 1.807) is 24.1 Å². The van der Waals surface area contributed by atoms with E-state index in [-0.39, 0.29) is 17.1 Å². The number of hydrogen-bond acceptors (Lipinski definition) is 3. The van der Waals surface area contributed by atoms with Gasteiger partial charge in [-0.25, -0.2) is 4.39 Å². The van der Waals surface area contributed by atoms with E-state index in [0.29, 0.717) is 0 Å². The summed E-state index contributed by atoms with van der Waals surface area (Å²) in [6, 6.07) is 8.43. The first kappa shape index (κ1) is 13.2. The Kier molecular flexibility index (Phi) is 4.09. The summed E-state index contributed by atoms with van der Waals surface area (Å²) in [6.07, 6.45) is 1.65. The van der Waals surface area contributed by atoms with Crippen LogP contribution < -0.4 is 5.73 Å². The van der Waals surface area contributed by atoms with Crippen molar-refractivity contribution in [2.75, 3.05) is 0 Å². The number of thioether (sulfide) groups is 1. The van der Waals surface area contributed by atoms with Gasteiger partial charge in [0, 0.05) is 16.2 Å². The van der Waals surface area contributed by atoms with E-state index in [0.717, 1.165) is 16.2 Å². The molecule has 2 unspecified atom stereocenters. The molecule has 1 aromatic carbocycles. The van der Waals surface area contributed by atoms with Crippen molar-refractivity contribution in [1.82, 2.24) is 0 Å². The summed E-state index contributed by atoms with van der Waals surface area (Å²) in [5, 5.41) is 0.0111. The Morgan fingerprint density at radius 1 is 1.33 bits per heavy atom. The van der Waals surface area contributed by atoms with E-state index in [9.17, 15) is 4.39 Å². The van der Waals surface area contributed by atoms with Gasteiger partial charge in [0.05, 0.1) is 6.26 Å². The third kappa shape index (κ3) is 2.94. The molecule has 0 bridgehead atoms. The lowest BCUT2D eigenvalue weighted by Gasteiger charge is -2.20. The number of benzene rings is 1. The molecule has 0 amide bonds. The van der Waals surface area contributed by atoms with Gasteiger partial charge in [-0.15, -0.1) is 11.8 Å². The molecule has 1 aromatic heterocycles. The van der Waals surface area contributed by atoms with Crippen molar-refractivity contribution in [2.24, 2.45) is 5.73 Å². The van der Waals surface area contributed by atoms with Crippen molar-refractivity contribution in [3.8, 4) is 0 Å². The number of hydrogen-bond donors (Lipinski definition) is 1. The lowest BCUT2D eigenvalue weighted by molar-refractivity contribution is 0.526. The third-order valence-corrected chi connectivity index (χ3v) is 4.35. The molecule has 1 heterocycles. The van der Waals surface area contributed by atoms with Crippen molar-refractivity contribution in [3.63, 3.8) is 0 Å². The van der Waals surface area contributed by atoms with Crippen LogP contribution in [0, 0.1) is 12.7 Å². The predicted molar refractivity (Wildman–Crippen MR) is 72.1 cm³/mol. The molecule has 2 atom stereocenters. The molecule has 0 spiro atoms. The van der Waals surface area contributed by atoms with Crippen molar-refractivity contribution >= 4 is 11.8 Å². The lowest BCUT2D eigenvalue weighted by Crippen LogP contribution is -2.22. The molecular formula is C14H16FNOS. The van der Waals surface area contributed by atoms with Gasteiger partial charge in [0.2, 0.25) is 0 Å². The average molecular weight is 265 g/mol. The fourth-order valence-electron chi connectivity index (χ4n) is 1.79. The maximum atomic E-state index is 13.3. The van der Waals surface area contributed by atoms with E-state index in [2.05, 4.69) is 0 Å². The maximum Gasteiger partial charge on any atom is 0.123 e. The third-order valence-electron chi connectivity index (χ3n) is 2.72. The topological polar surface area (TPSA) is 39.2 Å². The second-order valence-electron chi connectivity index (χ2n) is 4.29. The molecule has 2 aromatic rings. The fourth-order valence-corrected chi connectivity index (χ4v) is 2.91. The Morgan fingerprint density at radius 2 is 2.11 bits per heavy atom. The Balaban J connectivity index is 2.27. The van der Waals surface area contributed by atoms with Gasteiger partial charge in [-0.1, -0.05) is 12.1 Å². The normalized spacial score (nSPS) is 14.4. The van der Waals surface area contributed by atoms with Gasteiger partial charge in [-0.3, -0.25) is 0 Å². The summed E-state index contributed by atoms with van der Waals surface area (Å²) in [6.45, 7) is 3.84. The minimum atomic E-state index is -0.234. The first-order valence-electron chi connectivity index (χ1n) is 5.79. The second-order valence-corrected chi connectivity index (χ2v) is 5.48. The van der Waals surface area contributed by atoms with Crippen LogP contribution >= 0.6 is 11.8 Å². The molecule has 0 saturated carbocycles. The highest BCUT2D eigenvalue weighted by Gasteiger charge is 2.19. The largest absolute Gasteiger partial charge is 0.468 e. The molecule has 0 aliphatic heterocycles. The van der Waals surface area contributed by atoms with Crippen molar-refractivity contribution in [1.29, 1.82) is 0 Å². The highest BCUT2D eigenvalue weighted by atomic mass is 32.2. The highest BCUT2D eigenvalue weighted by Crippen LogP contribution is 2.39. The van der Waals surface area contributed by atoms with E-state index in [4.69, 9.17) is 10.2 Å². The molecule has 4 heteroatoms. The number of aryl methyl sites for hydroxylation is 1. The van der Waals surface area contributed by atoms with Crippen LogP contribution in [0.3, 0.4) is 0 Å². The Morgan fingerprint density at radius 3 is 2.67 bits per heavy atom. The Labute approximate surface area is 110 Å². The molecule has 18 heavy (non-hydrogen) atoms. The van der Waals surface area contributed by atoms with E-state index < -0.39 is 0 Å². The quantitative estimate of drug-likeness (QED) is 0.852. The van der Waals surface area contributed by atoms with E-state index in [1.807, 2.05) is 26.0 Å². The summed E-state index contributed by atoms with van der Waals surface area (Å²) in [5.74, 6) is 0.629. The van der Waals surface area contributed by atoms with Gasteiger partial charge < -0.3 is 10.2 Å². The minimum Gasteiger partial charge on any atom is -0.468 e. The smallest absolute Gasteiger partial charge is 0.123 e. The van der Waals surface area contributed by atoms with Gasteiger partial charge in [0.1, 0.15) is 11.6 Å². The zero-order valence-electron chi connectivity index (χ0n) is 10.4. The first-order valence-corrected chi connectivity index (χ1v) is 6.67. The van der Waals surface area contributed by atoms with Crippen LogP contribution in [0.25, 0.3) is 0 Å². The molecule has 0 fully saturated rings. The van der Waals surface area contributed by atoms with Crippen LogP contribution in [0.1, 0.15) is 23.5 Å². The summed E-state index contributed by atoms with van der Waals surface area (Å²) in [5.41, 5.74) is 6.91. The van der Waals surface area contributed by atoms with Gasteiger partial charge in [-0.05, 0) is 37.6 Å². The number of furan rings is 1. The van der Waals surface area contributed by atoms with Crippen molar-refractivity contribution in [3.05, 3.63) is 53.7 Å². The highest BCUT2D eigenvalue weighted by molar-refractivity contribution is 7.99. The van der Waals surface area contributed by atoms with Crippen molar-refractivity contribution < 1.29 is 8.81 Å². The minimum absolute atomic E-state index is 0.0111. The van der Waals surface area contributed by atoms with Crippen LogP contribution in [-0.2, 0) is 0 Å². The monoisotopic (exact) mass is 265 g/mol. The first-order chi connectivity index (χ1) is 8.58. The zero-order valence-corrected chi connectivity index (χ0v) is 11.2. The molecule has 2 rings (SSSR count). The van der Waals surface area contributed by atoms with E-state index >= 15 is 0 Å². The molecular weight excluding hydrogens is 249 g/mol. The lowest BCUT2D eigenvalue weighted by atomic mass is 10.1. The molecule has 0 aliphatic carbocycles. The molecule has 0 saturated heterocycles. The molecule has 0 aliphatic rings. The summed E-state index contributed by atoms with van der Waals surface area (Å²) < 4.78 is 18.5. The zero-order chi connectivity index (χ0) is 13.1. The van der Waals surface area contributed by atoms with E-state index in [1.165, 1.54) is 12.1 Å². The van der Waals surface area contributed by atoms with Crippen LogP contribution in [0.4, 0.5) is 4.39 Å². The fraction of sp³-hybridized carbons (Fsp3) is 0.286. The van der Waals surface area contributed by atoms with Crippen LogP contribution in [-0.4, -0.2) is 6.04 Å². The van der Waals surface area contributed by atoms with Gasteiger partial charge in [0.25, 0.3) is 0 Å². The number of halogens is 1. The van der Waals surface area contributed by atoms with Crippen molar-refractivity contribution in [2.45, 2.75) is 30.0 Å². The van der Waals surface area contributed by atoms with Crippen LogP contribution in [0.2, 0.25) is 0 Å². The second kappa shape index (κ2) is 5.59. The molecule has 0 radical (unpaired) electrons. The summed E-state index contributed by atoms with van der Waals surface area (Å²) >= 11 is 1.61. The Hall–Kier alpha value is -1.26. The van der Waals surface area contributed by atoms with Gasteiger partial charge >= 0.3 is 0 Å².